The van der Waals surface area contributed by atoms with E-state index in [9.17, 15) is 4.79 Å². The standard InChI is InChI=1S/C20H21N3O2/c24-19(16-6-2-1-3-7-16)12-18-15-25-11-10-22(18)13-17-14-23-9-5-4-8-20(23)21-17/h1-9,14,18H,10-13,15H2/t18-/m1/s1. The Kier molecular flexibility index (Phi) is 4.59. The Labute approximate surface area is 146 Å². The third-order valence-electron chi connectivity index (χ3n) is 4.65. The van der Waals surface area contributed by atoms with Crippen molar-refractivity contribution in [3.05, 3.63) is 72.2 Å². The molecule has 2 aromatic heterocycles. The number of ketones is 1. The van der Waals surface area contributed by atoms with Crippen LogP contribution in [0.25, 0.3) is 5.65 Å². The number of Topliss-reactive ketones (excluding diaryl/α,β-unsaturated/α-hetero) is 1. The van der Waals surface area contributed by atoms with Crippen molar-refractivity contribution in [3.8, 4) is 0 Å². The number of hydrogen-bond donors (Lipinski definition) is 0. The van der Waals surface area contributed by atoms with Gasteiger partial charge in [-0.2, -0.15) is 0 Å². The molecule has 0 spiro atoms. The van der Waals surface area contributed by atoms with E-state index in [0.717, 1.165) is 30.0 Å². The summed E-state index contributed by atoms with van der Waals surface area (Å²) in [5, 5.41) is 0. The van der Waals surface area contributed by atoms with Crippen molar-refractivity contribution in [1.29, 1.82) is 0 Å². The molecule has 0 bridgehead atoms. The Hall–Kier alpha value is -2.50. The Morgan fingerprint density at radius 2 is 2.00 bits per heavy atom. The van der Waals surface area contributed by atoms with Crippen LogP contribution in [-0.2, 0) is 11.3 Å². The molecule has 0 saturated carbocycles. The lowest BCUT2D eigenvalue weighted by atomic mass is 10.0. The SMILES string of the molecule is O=C(C[C@@H]1COCCN1Cc1cn2ccccc2n1)c1ccccc1. The second-order valence-corrected chi connectivity index (χ2v) is 6.39. The summed E-state index contributed by atoms with van der Waals surface area (Å²) < 4.78 is 7.65. The van der Waals surface area contributed by atoms with E-state index in [1.807, 2.05) is 59.1 Å². The van der Waals surface area contributed by atoms with Crippen LogP contribution in [0, 0.1) is 0 Å². The fourth-order valence-electron chi connectivity index (χ4n) is 3.31. The average Bonchev–Trinajstić information content (AvgIpc) is 3.06. The molecule has 0 N–H and O–H groups in total. The molecule has 4 rings (SSSR count). The molecule has 5 heteroatoms. The lowest BCUT2D eigenvalue weighted by Gasteiger charge is -2.34. The number of fused-ring (bicyclic) bond motifs is 1. The Bertz CT molecular complexity index is 827. The zero-order valence-corrected chi connectivity index (χ0v) is 14.0. The monoisotopic (exact) mass is 335 g/mol. The molecule has 1 saturated heterocycles. The highest BCUT2D eigenvalue weighted by atomic mass is 16.5. The number of rotatable bonds is 5. The van der Waals surface area contributed by atoms with Crippen molar-refractivity contribution in [1.82, 2.24) is 14.3 Å². The molecule has 1 aromatic carbocycles. The lowest BCUT2D eigenvalue weighted by Crippen LogP contribution is -2.45. The molecule has 128 valence electrons. The number of imidazole rings is 1. The first-order valence-electron chi connectivity index (χ1n) is 8.62. The molecule has 0 aliphatic carbocycles. The predicted molar refractivity (Wildman–Crippen MR) is 95.6 cm³/mol. The Balaban J connectivity index is 1.48. The van der Waals surface area contributed by atoms with Gasteiger partial charge in [-0.05, 0) is 12.1 Å². The summed E-state index contributed by atoms with van der Waals surface area (Å²) in [7, 11) is 0. The molecule has 1 fully saturated rings. The highest BCUT2D eigenvalue weighted by molar-refractivity contribution is 5.96. The van der Waals surface area contributed by atoms with E-state index in [-0.39, 0.29) is 11.8 Å². The Morgan fingerprint density at radius 1 is 1.16 bits per heavy atom. The second-order valence-electron chi connectivity index (χ2n) is 6.39. The van der Waals surface area contributed by atoms with Gasteiger partial charge in [0.05, 0.1) is 18.9 Å². The minimum absolute atomic E-state index is 0.0891. The van der Waals surface area contributed by atoms with E-state index in [2.05, 4.69) is 16.1 Å². The van der Waals surface area contributed by atoms with Crippen molar-refractivity contribution in [2.75, 3.05) is 19.8 Å². The van der Waals surface area contributed by atoms with Crippen LogP contribution in [0.15, 0.2) is 60.9 Å². The number of ether oxygens (including phenoxy) is 1. The number of aromatic nitrogens is 2. The van der Waals surface area contributed by atoms with Gasteiger partial charge in [-0.1, -0.05) is 36.4 Å². The molecule has 5 nitrogen and oxygen atoms in total. The highest BCUT2D eigenvalue weighted by Gasteiger charge is 2.26. The van der Waals surface area contributed by atoms with Gasteiger partial charge in [0.2, 0.25) is 0 Å². The Morgan fingerprint density at radius 3 is 2.84 bits per heavy atom. The number of morpholine rings is 1. The van der Waals surface area contributed by atoms with E-state index in [1.165, 1.54) is 0 Å². The molecule has 1 atom stereocenters. The first-order valence-corrected chi connectivity index (χ1v) is 8.62. The van der Waals surface area contributed by atoms with Gasteiger partial charge in [-0.15, -0.1) is 0 Å². The molecular weight excluding hydrogens is 314 g/mol. The van der Waals surface area contributed by atoms with Crippen molar-refractivity contribution in [2.24, 2.45) is 0 Å². The van der Waals surface area contributed by atoms with Gasteiger partial charge >= 0.3 is 0 Å². The van der Waals surface area contributed by atoms with Gasteiger partial charge in [-0.3, -0.25) is 9.69 Å². The minimum Gasteiger partial charge on any atom is -0.378 e. The van der Waals surface area contributed by atoms with Crippen molar-refractivity contribution < 1.29 is 9.53 Å². The fourth-order valence-corrected chi connectivity index (χ4v) is 3.31. The smallest absolute Gasteiger partial charge is 0.164 e. The molecule has 0 amide bonds. The summed E-state index contributed by atoms with van der Waals surface area (Å²) in [6.07, 6.45) is 4.53. The van der Waals surface area contributed by atoms with E-state index in [0.29, 0.717) is 19.6 Å². The summed E-state index contributed by atoms with van der Waals surface area (Å²) in [5.41, 5.74) is 2.73. The lowest BCUT2D eigenvalue weighted by molar-refractivity contribution is -0.0130. The van der Waals surface area contributed by atoms with Crippen LogP contribution in [0.4, 0.5) is 0 Å². The van der Waals surface area contributed by atoms with Crippen LogP contribution in [0.1, 0.15) is 22.5 Å². The van der Waals surface area contributed by atoms with E-state index in [1.54, 1.807) is 0 Å². The van der Waals surface area contributed by atoms with Crippen LogP contribution in [0.3, 0.4) is 0 Å². The molecule has 25 heavy (non-hydrogen) atoms. The van der Waals surface area contributed by atoms with Gasteiger partial charge in [0.25, 0.3) is 0 Å². The zero-order chi connectivity index (χ0) is 17.1. The largest absolute Gasteiger partial charge is 0.378 e. The van der Waals surface area contributed by atoms with Crippen molar-refractivity contribution in [3.63, 3.8) is 0 Å². The summed E-state index contributed by atoms with van der Waals surface area (Å²) in [6.45, 7) is 2.84. The number of nitrogens with zero attached hydrogens (tertiary/aromatic N) is 3. The van der Waals surface area contributed by atoms with E-state index in [4.69, 9.17) is 4.74 Å². The zero-order valence-electron chi connectivity index (χ0n) is 14.0. The van der Waals surface area contributed by atoms with Crippen LogP contribution in [0.2, 0.25) is 0 Å². The first kappa shape index (κ1) is 16.0. The third kappa shape index (κ3) is 3.62. The van der Waals surface area contributed by atoms with Gasteiger partial charge < -0.3 is 9.14 Å². The summed E-state index contributed by atoms with van der Waals surface area (Å²) in [5.74, 6) is 0.163. The maximum Gasteiger partial charge on any atom is 0.164 e. The highest BCUT2D eigenvalue weighted by Crippen LogP contribution is 2.17. The molecule has 0 radical (unpaired) electrons. The van der Waals surface area contributed by atoms with Crippen molar-refractivity contribution in [2.45, 2.75) is 19.0 Å². The molecular formula is C20H21N3O2. The topological polar surface area (TPSA) is 46.8 Å². The van der Waals surface area contributed by atoms with Gasteiger partial charge in [0.15, 0.2) is 5.78 Å². The summed E-state index contributed by atoms with van der Waals surface area (Å²) in [6, 6.07) is 15.5. The van der Waals surface area contributed by atoms with E-state index < -0.39 is 0 Å². The molecule has 1 aliphatic rings. The fraction of sp³-hybridized carbons (Fsp3) is 0.300. The maximum atomic E-state index is 12.5. The maximum absolute atomic E-state index is 12.5. The van der Waals surface area contributed by atoms with Gasteiger partial charge in [0, 0.05) is 43.5 Å². The molecule has 3 heterocycles. The summed E-state index contributed by atoms with van der Waals surface area (Å²) in [4.78, 5) is 19.5. The van der Waals surface area contributed by atoms with Crippen LogP contribution >= 0.6 is 0 Å². The quantitative estimate of drug-likeness (QED) is 0.673. The number of benzene rings is 1. The number of pyridine rings is 1. The average molecular weight is 335 g/mol. The normalized spacial score (nSPS) is 18.5. The number of carbonyl (C=O) groups excluding carboxylic acids is 1. The third-order valence-corrected chi connectivity index (χ3v) is 4.65. The second kappa shape index (κ2) is 7.17. The number of hydrogen-bond acceptors (Lipinski definition) is 4. The first-order chi connectivity index (χ1) is 12.3. The molecule has 0 unspecified atom stereocenters. The predicted octanol–water partition coefficient (Wildman–Crippen LogP) is 2.81. The van der Waals surface area contributed by atoms with Crippen LogP contribution in [-0.4, -0.2) is 45.9 Å². The van der Waals surface area contributed by atoms with Gasteiger partial charge in [0.1, 0.15) is 5.65 Å². The van der Waals surface area contributed by atoms with Crippen LogP contribution in [0.5, 0.6) is 0 Å². The number of carbonyl (C=O) groups is 1. The summed E-state index contributed by atoms with van der Waals surface area (Å²) >= 11 is 0. The molecule has 1 aliphatic heterocycles. The van der Waals surface area contributed by atoms with Gasteiger partial charge in [-0.25, -0.2) is 4.98 Å². The van der Waals surface area contributed by atoms with Crippen molar-refractivity contribution >= 4 is 11.4 Å². The van der Waals surface area contributed by atoms with E-state index >= 15 is 0 Å². The van der Waals surface area contributed by atoms with Crippen LogP contribution < -0.4 is 0 Å². The minimum atomic E-state index is 0.0891. The molecule has 3 aromatic rings.